The molecule has 0 aliphatic rings. The zero-order chi connectivity index (χ0) is 20.8. The van der Waals surface area contributed by atoms with Gasteiger partial charge in [-0.2, -0.15) is 0 Å². The molecule has 29 heavy (non-hydrogen) atoms. The fraction of sp³-hybridized carbons (Fsp3) is 0.167. The van der Waals surface area contributed by atoms with E-state index in [-0.39, 0.29) is 11.8 Å². The Hall–Kier alpha value is -3.60. The van der Waals surface area contributed by atoms with Crippen molar-refractivity contribution in [1.82, 2.24) is 5.32 Å². The molecular formula is C24H24N2O3. The van der Waals surface area contributed by atoms with Crippen molar-refractivity contribution < 1.29 is 14.3 Å². The van der Waals surface area contributed by atoms with Gasteiger partial charge in [-0.05, 0) is 55.3 Å². The zero-order valence-corrected chi connectivity index (χ0v) is 16.8. The van der Waals surface area contributed by atoms with Gasteiger partial charge >= 0.3 is 0 Å². The van der Waals surface area contributed by atoms with Gasteiger partial charge in [-0.1, -0.05) is 42.0 Å². The van der Waals surface area contributed by atoms with Crippen molar-refractivity contribution in [3.8, 4) is 5.75 Å². The van der Waals surface area contributed by atoms with Gasteiger partial charge < -0.3 is 15.4 Å². The van der Waals surface area contributed by atoms with Gasteiger partial charge in [0.25, 0.3) is 11.8 Å². The average molecular weight is 388 g/mol. The number of nitrogens with one attached hydrogen (secondary N) is 2. The summed E-state index contributed by atoms with van der Waals surface area (Å²) in [5.74, 6) is 0.0486. The van der Waals surface area contributed by atoms with Crippen LogP contribution < -0.4 is 15.4 Å². The minimum absolute atomic E-state index is 0.228. The molecule has 0 radical (unpaired) electrons. The number of amides is 2. The molecule has 0 saturated heterocycles. The van der Waals surface area contributed by atoms with Crippen LogP contribution in [-0.4, -0.2) is 18.9 Å². The van der Waals surface area contributed by atoms with Crippen LogP contribution >= 0.6 is 0 Å². The number of methoxy groups -OCH3 is 1. The number of hydrogen-bond donors (Lipinski definition) is 2. The molecule has 0 aliphatic heterocycles. The fourth-order valence-corrected chi connectivity index (χ4v) is 3.02. The summed E-state index contributed by atoms with van der Waals surface area (Å²) in [6.07, 6.45) is 0. The maximum absolute atomic E-state index is 12.7. The summed E-state index contributed by atoms with van der Waals surface area (Å²) in [5.41, 5.74) is 4.59. The van der Waals surface area contributed by atoms with Crippen molar-refractivity contribution in [2.24, 2.45) is 0 Å². The van der Waals surface area contributed by atoms with Crippen molar-refractivity contribution in [3.63, 3.8) is 0 Å². The minimum atomic E-state index is -0.303. The van der Waals surface area contributed by atoms with Gasteiger partial charge in [-0.25, -0.2) is 0 Å². The third-order valence-corrected chi connectivity index (χ3v) is 4.53. The Morgan fingerprint density at radius 1 is 0.828 bits per heavy atom. The van der Waals surface area contributed by atoms with Gasteiger partial charge in [0.2, 0.25) is 0 Å². The predicted molar refractivity (Wildman–Crippen MR) is 114 cm³/mol. The summed E-state index contributed by atoms with van der Waals surface area (Å²) < 4.78 is 5.30. The molecular weight excluding hydrogens is 364 g/mol. The van der Waals surface area contributed by atoms with Crippen LogP contribution in [-0.2, 0) is 6.54 Å². The summed E-state index contributed by atoms with van der Waals surface area (Å²) >= 11 is 0. The van der Waals surface area contributed by atoms with Crippen LogP contribution in [0, 0.1) is 13.8 Å². The van der Waals surface area contributed by atoms with Gasteiger partial charge in [-0.3, -0.25) is 9.59 Å². The van der Waals surface area contributed by atoms with E-state index < -0.39 is 0 Å². The molecule has 0 aromatic heterocycles. The van der Waals surface area contributed by atoms with Gasteiger partial charge in [0, 0.05) is 17.7 Å². The molecule has 3 aromatic carbocycles. The molecule has 0 bridgehead atoms. The highest BCUT2D eigenvalue weighted by Gasteiger charge is 2.13. The van der Waals surface area contributed by atoms with Crippen molar-refractivity contribution in [3.05, 3.63) is 94.5 Å². The number of anilines is 1. The molecule has 5 nitrogen and oxygen atoms in total. The summed E-state index contributed by atoms with van der Waals surface area (Å²) in [5, 5.41) is 5.75. The number of ether oxygens (including phenoxy) is 1. The van der Waals surface area contributed by atoms with Crippen LogP contribution in [0.2, 0.25) is 0 Å². The zero-order valence-electron chi connectivity index (χ0n) is 16.8. The van der Waals surface area contributed by atoms with E-state index in [1.54, 1.807) is 37.4 Å². The normalized spacial score (nSPS) is 10.3. The lowest BCUT2D eigenvalue weighted by Gasteiger charge is -2.12. The first-order valence-corrected chi connectivity index (χ1v) is 9.36. The fourth-order valence-electron chi connectivity index (χ4n) is 3.02. The number of benzene rings is 3. The first kappa shape index (κ1) is 20.1. The Bertz CT molecular complexity index is 1040. The lowest BCUT2D eigenvalue weighted by atomic mass is 10.1. The lowest BCUT2D eigenvalue weighted by Crippen LogP contribution is -2.23. The second-order valence-corrected chi connectivity index (χ2v) is 6.91. The Morgan fingerprint density at radius 3 is 2.24 bits per heavy atom. The van der Waals surface area contributed by atoms with Crippen LogP contribution in [0.15, 0.2) is 66.7 Å². The smallest absolute Gasteiger partial charge is 0.255 e. The van der Waals surface area contributed by atoms with E-state index in [1.165, 1.54) is 0 Å². The van der Waals surface area contributed by atoms with Gasteiger partial charge in [0.1, 0.15) is 5.75 Å². The Labute approximate surface area is 170 Å². The first-order chi connectivity index (χ1) is 14.0. The molecule has 0 saturated carbocycles. The SMILES string of the molecule is COc1ccc(C)cc1NC(=O)c1cccc(C(=O)NCc2cccc(C)c2)c1. The van der Waals surface area contributed by atoms with Crippen molar-refractivity contribution >= 4 is 17.5 Å². The molecule has 0 spiro atoms. The van der Waals surface area contributed by atoms with Gasteiger partial charge in [0.15, 0.2) is 0 Å². The van der Waals surface area contributed by atoms with Crippen LogP contribution in [0.1, 0.15) is 37.4 Å². The molecule has 0 aliphatic carbocycles. The molecule has 148 valence electrons. The summed E-state index contributed by atoms with van der Waals surface area (Å²) in [6.45, 7) is 4.38. The standard InChI is InChI=1S/C24H24N2O3/c1-16-6-4-7-18(12-16)15-25-23(27)19-8-5-9-20(14-19)24(28)26-21-13-17(2)10-11-22(21)29-3/h4-14H,15H2,1-3H3,(H,25,27)(H,26,28). The maximum atomic E-state index is 12.7. The Kier molecular flexibility index (Phi) is 6.29. The summed E-state index contributed by atoms with van der Waals surface area (Å²) in [4.78, 5) is 25.2. The molecule has 2 N–H and O–H groups in total. The number of carbonyl (C=O) groups is 2. The predicted octanol–water partition coefficient (Wildman–Crippen LogP) is 4.49. The van der Waals surface area contributed by atoms with Crippen LogP contribution in [0.25, 0.3) is 0 Å². The van der Waals surface area contributed by atoms with Crippen molar-refractivity contribution in [1.29, 1.82) is 0 Å². The lowest BCUT2D eigenvalue weighted by molar-refractivity contribution is 0.0951. The molecule has 5 heteroatoms. The van der Waals surface area contributed by atoms with E-state index in [4.69, 9.17) is 4.74 Å². The van der Waals surface area contributed by atoms with Crippen LogP contribution in [0.4, 0.5) is 5.69 Å². The largest absolute Gasteiger partial charge is 0.495 e. The molecule has 2 amide bonds. The van der Waals surface area contributed by atoms with Crippen molar-refractivity contribution in [2.45, 2.75) is 20.4 Å². The number of hydrogen-bond acceptors (Lipinski definition) is 3. The highest BCUT2D eigenvalue weighted by molar-refractivity contribution is 6.06. The highest BCUT2D eigenvalue weighted by Crippen LogP contribution is 2.25. The summed E-state index contributed by atoms with van der Waals surface area (Å²) in [6, 6.07) is 20.2. The third-order valence-electron chi connectivity index (χ3n) is 4.53. The highest BCUT2D eigenvalue weighted by atomic mass is 16.5. The first-order valence-electron chi connectivity index (χ1n) is 9.36. The van der Waals surface area contributed by atoms with E-state index >= 15 is 0 Å². The van der Waals surface area contributed by atoms with E-state index in [9.17, 15) is 9.59 Å². The minimum Gasteiger partial charge on any atom is -0.495 e. The van der Waals surface area contributed by atoms with E-state index in [1.807, 2.05) is 50.2 Å². The number of aryl methyl sites for hydroxylation is 2. The van der Waals surface area contributed by atoms with Gasteiger partial charge in [0.05, 0.1) is 12.8 Å². The Balaban J connectivity index is 1.71. The quantitative estimate of drug-likeness (QED) is 0.654. The molecule has 0 atom stereocenters. The monoisotopic (exact) mass is 388 g/mol. The third kappa shape index (κ3) is 5.23. The summed E-state index contributed by atoms with van der Waals surface area (Å²) in [7, 11) is 1.56. The maximum Gasteiger partial charge on any atom is 0.255 e. The molecule has 3 aromatic rings. The van der Waals surface area contributed by atoms with E-state index in [0.717, 1.165) is 16.7 Å². The topological polar surface area (TPSA) is 67.4 Å². The number of rotatable bonds is 6. The number of carbonyl (C=O) groups excluding carboxylic acids is 2. The van der Waals surface area contributed by atoms with E-state index in [0.29, 0.717) is 29.1 Å². The average Bonchev–Trinajstić information content (AvgIpc) is 2.72. The van der Waals surface area contributed by atoms with Crippen LogP contribution in [0.3, 0.4) is 0 Å². The molecule has 3 rings (SSSR count). The van der Waals surface area contributed by atoms with Gasteiger partial charge in [-0.15, -0.1) is 0 Å². The second-order valence-electron chi connectivity index (χ2n) is 6.91. The Morgan fingerprint density at radius 2 is 1.52 bits per heavy atom. The second kappa shape index (κ2) is 9.06. The van der Waals surface area contributed by atoms with Crippen LogP contribution in [0.5, 0.6) is 5.75 Å². The molecule has 0 heterocycles. The van der Waals surface area contributed by atoms with Crippen molar-refractivity contribution in [2.75, 3.05) is 12.4 Å². The van der Waals surface area contributed by atoms with E-state index in [2.05, 4.69) is 10.6 Å². The molecule has 0 unspecified atom stereocenters. The molecule has 0 fully saturated rings.